The molecule has 1 unspecified atom stereocenters. The summed E-state index contributed by atoms with van der Waals surface area (Å²) in [6.07, 6.45) is 2.20. The molecule has 1 aromatic carbocycles. The van der Waals surface area contributed by atoms with Crippen LogP contribution in [0, 0.1) is 3.57 Å². The lowest BCUT2D eigenvalue weighted by Crippen LogP contribution is -2.16. The molecule has 82 valence electrons. The van der Waals surface area contributed by atoms with Gasteiger partial charge in [0.25, 0.3) is 0 Å². The smallest absolute Gasteiger partial charge is 0.0320 e. The maximum absolute atomic E-state index is 3.94. The molecule has 0 fully saturated rings. The minimum atomic E-state index is 0.443. The van der Waals surface area contributed by atoms with E-state index in [4.69, 9.17) is 0 Å². The number of hydrogen-bond acceptors (Lipinski definition) is 1. The van der Waals surface area contributed by atoms with Crippen LogP contribution in [0.15, 0.2) is 36.4 Å². The van der Waals surface area contributed by atoms with Gasteiger partial charge in [0.2, 0.25) is 0 Å². The van der Waals surface area contributed by atoms with Crippen molar-refractivity contribution in [2.75, 3.05) is 7.05 Å². The van der Waals surface area contributed by atoms with Crippen LogP contribution in [-0.4, -0.2) is 7.05 Å². The molecule has 1 aromatic rings. The molecule has 0 aliphatic carbocycles. The Kier molecular flexibility index (Phi) is 5.32. The monoisotopic (exact) mass is 315 g/mol. The van der Waals surface area contributed by atoms with Crippen molar-refractivity contribution in [3.05, 3.63) is 45.6 Å². The first-order chi connectivity index (χ1) is 7.13. The average Bonchev–Trinajstić information content (AvgIpc) is 2.21. The predicted octanol–water partition coefficient (Wildman–Crippen LogP) is 3.91. The van der Waals surface area contributed by atoms with Crippen LogP contribution in [0.1, 0.15) is 31.4 Å². The molecule has 0 spiro atoms. The van der Waals surface area contributed by atoms with Crippen LogP contribution in [0.3, 0.4) is 0 Å². The number of nitrogens with one attached hydrogen (secondary N) is 1. The Morgan fingerprint density at radius 1 is 1.40 bits per heavy atom. The number of rotatable bonds is 5. The van der Waals surface area contributed by atoms with Gasteiger partial charge >= 0.3 is 0 Å². The summed E-state index contributed by atoms with van der Waals surface area (Å²) in [4.78, 5) is 0. The van der Waals surface area contributed by atoms with Gasteiger partial charge in [0.1, 0.15) is 0 Å². The van der Waals surface area contributed by atoms with E-state index in [1.54, 1.807) is 0 Å². The van der Waals surface area contributed by atoms with Gasteiger partial charge < -0.3 is 5.32 Å². The first-order valence-corrected chi connectivity index (χ1v) is 6.28. The number of allylic oxidation sites excluding steroid dienone is 1. The van der Waals surface area contributed by atoms with E-state index in [0.29, 0.717) is 6.04 Å². The van der Waals surface area contributed by atoms with Crippen LogP contribution in [-0.2, 0) is 0 Å². The van der Waals surface area contributed by atoms with Gasteiger partial charge in [0.05, 0.1) is 0 Å². The van der Waals surface area contributed by atoms with E-state index in [9.17, 15) is 0 Å². The van der Waals surface area contributed by atoms with Crippen molar-refractivity contribution >= 4 is 22.6 Å². The molecule has 0 radical (unpaired) electrons. The standard InChI is InChI=1S/C13H18IN/c1-10(2)4-9-13(15-3)11-5-7-12(14)8-6-11/h5-8,13,15H,1,4,9H2,2-3H3. The number of hydrogen-bond donors (Lipinski definition) is 1. The van der Waals surface area contributed by atoms with Crippen LogP contribution < -0.4 is 5.32 Å². The summed E-state index contributed by atoms with van der Waals surface area (Å²) in [6.45, 7) is 6.02. The van der Waals surface area contributed by atoms with Gasteiger partial charge in [-0.05, 0) is 67.1 Å². The van der Waals surface area contributed by atoms with Crippen LogP contribution in [0.25, 0.3) is 0 Å². The summed E-state index contributed by atoms with van der Waals surface area (Å²) in [5.41, 5.74) is 2.61. The van der Waals surface area contributed by atoms with Gasteiger partial charge in [0.15, 0.2) is 0 Å². The lowest BCUT2D eigenvalue weighted by atomic mass is 10.0. The highest BCUT2D eigenvalue weighted by Crippen LogP contribution is 2.20. The maximum Gasteiger partial charge on any atom is 0.0320 e. The average molecular weight is 315 g/mol. The minimum Gasteiger partial charge on any atom is -0.313 e. The van der Waals surface area contributed by atoms with E-state index in [1.165, 1.54) is 14.7 Å². The molecule has 1 N–H and O–H groups in total. The van der Waals surface area contributed by atoms with Crippen LogP contribution in [0.2, 0.25) is 0 Å². The van der Waals surface area contributed by atoms with E-state index in [1.807, 2.05) is 7.05 Å². The third-order valence-electron chi connectivity index (χ3n) is 2.48. The zero-order valence-electron chi connectivity index (χ0n) is 9.39. The first-order valence-electron chi connectivity index (χ1n) is 5.20. The quantitative estimate of drug-likeness (QED) is 0.642. The van der Waals surface area contributed by atoms with Crippen molar-refractivity contribution in [1.29, 1.82) is 0 Å². The zero-order chi connectivity index (χ0) is 11.3. The summed E-state index contributed by atoms with van der Waals surface area (Å²) in [5, 5.41) is 3.35. The molecule has 15 heavy (non-hydrogen) atoms. The predicted molar refractivity (Wildman–Crippen MR) is 75.0 cm³/mol. The third kappa shape index (κ3) is 4.34. The second-order valence-electron chi connectivity index (χ2n) is 3.89. The fourth-order valence-electron chi connectivity index (χ4n) is 1.56. The van der Waals surface area contributed by atoms with Crippen molar-refractivity contribution in [1.82, 2.24) is 5.32 Å². The van der Waals surface area contributed by atoms with Gasteiger partial charge in [-0.1, -0.05) is 17.7 Å². The van der Waals surface area contributed by atoms with Gasteiger partial charge in [0, 0.05) is 9.61 Å². The Morgan fingerprint density at radius 2 is 2.00 bits per heavy atom. The number of benzene rings is 1. The molecule has 0 aromatic heterocycles. The van der Waals surface area contributed by atoms with Gasteiger partial charge in [-0.25, -0.2) is 0 Å². The highest BCUT2D eigenvalue weighted by molar-refractivity contribution is 14.1. The summed E-state index contributed by atoms with van der Waals surface area (Å²) < 4.78 is 1.28. The second-order valence-corrected chi connectivity index (χ2v) is 5.13. The molecule has 0 saturated carbocycles. The van der Waals surface area contributed by atoms with Crippen molar-refractivity contribution in [3.8, 4) is 0 Å². The Labute approximate surface area is 106 Å². The summed E-state index contributed by atoms with van der Waals surface area (Å²) in [7, 11) is 2.01. The summed E-state index contributed by atoms with van der Waals surface area (Å²) in [5.74, 6) is 0. The molecule has 1 rings (SSSR count). The molecule has 0 bridgehead atoms. The van der Waals surface area contributed by atoms with E-state index in [-0.39, 0.29) is 0 Å². The maximum atomic E-state index is 3.94. The normalized spacial score (nSPS) is 12.5. The fraction of sp³-hybridized carbons (Fsp3) is 0.385. The molecule has 2 heteroatoms. The van der Waals surface area contributed by atoms with Crippen molar-refractivity contribution in [2.45, 2.75) is 25.8 Å². The van der Waals surface area contributed by atoms with Crippen LogP contribution in [0.4, 0.5) is 0 Å². The van der Waals surface area contributed by atoms with Crippen molar-refractivity contribution in [3.63, 3.8) is 0 Å². The van der Waals surface area contributed by atoms with Gasteiger partial charge in [-0.15, -0.1) is 6.58 Å². The lowest BCUT2D eigenvalue weighted by molar-refractivity contribution is 0.548. The first kappa shape index (κ1) is 12.7. The van der Waals surface area contributed by atoms with E-state index in [2.05, 4.69) is 65.7 Å². The van der Waals surface area contributed by atoms with E-state index < -0.39 is 0 Å². The Balaban J connectivity index is 2.65. The van der Waals surface area contributed by atoms with Crippen LogP contribution >= 0.6 is 22.6 Å². The van der Waals surface area contributed by atoms with Crippen molar-refractivity contribution < 1.29 is 0 Å². The molecule has 0 heterocycles. The topological polar surface area (TPSA) is 12.0 Å². The second kappa shape index (κ2) is 6.28. The largest absolute Gasteiger partial charge is 0.313 e. The molecule has 0 saturated heterocycles. The minimum absolute atomic E-state index is 0.443. The zero-order valence-corrected chi connectivity index (χ0v) is 11.5. The molecule has 0 aliphatic heterocycles. The molecule has 0 aliphatic rings. The SMILES string of the molecule is C=C(C)CCC(NC)c1ccc(I)cc1. The van der Waals surface area contributed by atoms with Crippen molar-refractivity contribution in [2.24, 2.45) is 0 Å². The molecular formula is C13H18IN. The highest BCUT2D eigenvalue weighted by Gasteiger charge is 2.08. The Bertz CT molecular complexity index is 316. The molecule has 1 atom stereocenters. The molecule has 0 amide bonds. The highest BCUT2D eigenvalue weighted by atomic mass is 127. The molecule has 1 nitrogen and oxygen atoms in total. The Morgan fingerprint density at radius 3 is 2.47 bits per heavy atom. The molecular weight excluding hydrogens is 297 g/mol. The fourth-order valence-corrected chi connectivity index (χ4v) is 1.92. The van der Waals surface area contributed by atoms with Gasteiger partial charge in [-0.3, -0.25) is 0 Å². The lowest BCUT2D eigenvalue weighted by Gasteiger charge is -2.16. The summed E-state index contributed by atoms with van der Waals surface area (Å²) in [6, 6.07) is 9.14. The van der Waals surface area contributed by atoms with Crippen LogP contribution in [0.5, 0.6) is 0 Å². The van der Waals surface area contributed by atoms with Gasteiger partial charge in [-0.2, -0.15) is 0 Å². The third-order valence-corrected chi connectivity index (χ3v) is 3.20. The van der Waals surface area contributed by atoms with E-state index in [0.717, 1.165) is 12.8 Å². The van der Waals surface area contributed by atoms with E-state index >= 15 is 0 Å². The Hall–Kier alpha value is -0.350. The number of halogens is 1. The summed E-state index contributed by atoms with van der Waals surface area (Å²) >= 11 is 2.33.